The van der Waals surface area contributed by atoms with Gasteiger partial charge in [-0.3, -0.25) is 0 Å². The van der Waals surface area contributed by atoms with E-state index in [1.54, 1.807) is 26.0 Å². The van der Waals surface area contributed by atoms with Crippen molar-refractivity contribution >= 4 is 16.7 Å². The van der Waals surface area contributed by atoms with Crippen LogP contribution in [0.2, 0.25) is 0 Å². The summed E-state index contributed by atoms with van der Waals surface area (Å²) in [7, 11) is 1.52. The second-order valence-electron chi connectivity index (χ2n) is 7.47. The SMILES string of the molecule is COc1cc2c(N[C@H](C)c3cccc(C(F)F)c3F)nc(C)nc2cc1Oc1ccccc1. The van der Waals surface area contributed by atoms with E-state index >= 15 is 0 Å². The van der Waals surface area contributed by atoms with E-state index in [4.69, 9.17) is 9.47 Å². The molecule has 0 radical (unpaired) electrons. The molecule has 0 aliphatic carbocycles. The number of nitrogens with one attached hydrogen (secondary N) is 1. The zero-order valence-electron chi connectivity index (χ0n) is 18.3. The highest BCUT2D eigenvalue weighted by atomic mass is 19.3. The summed E-state index contributed by atoms with van der Waals surface area (Å²) >= 11 is 0. The summed E-state index contributed by atoms with van der Waals surface area (Å²) < 4.78 is 52.4. The van der Waals surface area contributed by atoms with Crippen molar-refractivity contribution in [1.29, 1.82) is 0 Å². The van der Waals surface area contributed by atoms with Crippen molar-refractivity contribution in [2.45, 2.75) is 26.3 Å². The van der Waals surface area contributed by atoms with Crippen LogP contribution in [0.3, 0.4) is 0 Å². The molecule has 5 nitrogen and oxygen atoms in total. The monoisotopic (exact) mass is 453 g/mol. The Labute approximate surface area is 189 Å². The molecule has 4 rings (SSSR count). The van der Waals surface area contributed by atoms with Crippen LogP contribution in [-0.4, -0.2) is 17.1 Å². The molecule has 1 atom stereocenters. The number of halogens is 3. The van der Waals surface area contributed by atoms with Gasteiger partial charge in [-0.15, -0.1) is 0 Å². The lowest BCUT2D eigenvalue weighted by Gasteiger charge is -2.19. The first-order chi connectivity index (χ1) is 15.9. The van der Waals surface area contributed by atoms with E-state index in [1.807, 2.05) is 30.3 Å². The Morgan fingerprint density at radius 2 is 1.64 bits per heavy atom. The molecule has 33 heavy (non-hydrogen) atoms. The molecule has 1 heterocycles. The molecule has 0 spiro atoms. The van der Waals surface area contributed by atoms with Crippen molar-refractivity contribution in [1.82, 2.24) is 9.97 Å². The minimum Gasteiger partial charge on any atom is -0.493 e. The number of benzene rings is 3. The Morgan fingerprint density at radius 1 is 0.909 bits per heavy atom. The van der Waals surface area contributed by atoms with E-state index in [9.17, 15) is 13.2 Å². The van der Waals surface area contributed by atoms with Gasteiger partial charge in [0, 0.05) is 17.0 Å². The lowest BCUT2D eigenvalue weighted by molar-refractivity contribution is 0.146. The van der Waals surface area contributed by atoms with Crippen LogP contribution >= 0.6 is 0 Å². The Hall–Kier alpha value is -3.81. The number of aryl methyl sites for hydroxylation is 1. The van der Waals surface area contributed by atoms with Gasteiger partial charge in [-0.25, -0.2) is 23.1 Å². The van der Waals surface area contributed by atoms with Gasteiger partial charge < -0.3 is 14.8 Å². The molecule has 0 amide bonds. The number of alkyl halides is 2. The zero-order chi connectivity index (χ0) is 23.5. The van der Waals surface area contributed by atoms with Gasteiger partial charge in [-0.2, -0.15) is 0 Å². The van der Waals surface area contributed by atoms with Crippen LogP contribution in [0.15, 0.2) is 60.7 Å². The molecule has 3 aromatic carbocycles. The first-order valence-corrected chi connectivity index (χ1v) is 10.3. The van der Waals surface area contributed by atoms with Crippen LogP contribution in [-0.2, 0) is 0 Å². The van der Waals surface area contributed by atoms with E-state index in [0.717, 1.165) is 6.07 Å². The summed E-state index contributed by atoms with van der Waals surface area (Å²) in [5, 5.41) is 3.76. The Kier molecular flexibility index (Phi) is 6.35. The van der Waals surface area contributed by atoms with Crippen molar-refractivity contribution in [3.05, 3.63) is 83.4 Å². The van der Waals surface area contributed by atoms with Gasteiger partial charge in [-0.05, 0) is 32.0 Å². The van der Waals surface area contributed by atoms with Crippen LogP contribution in [0.4, 0.5) is 19.0 Å². The molecule has 0 saturated carbocycles. The van der Waals surface area contributed by atoms with E-state index in [1.165, 1.54) is 19.2 Å². The van der Waals surface area contributed by atoms with Gasteiger partial charge in [0.25, 0.3) is 6.43 Å². The van der Waals surface area contributed by atoms with Crippen LogP contribution in [0.1, 0.15) is 36.3 Å². The number of rotatable bonds is 7. The molecule has 0 fully saturated rings. The molecule has 0 saturated heterocycles. The minimum absolute atomic E-state index is 0.119. The lowest BCUT2D eigenvalue weighted by Crippen LogP contribution is -2.12. The molecular formula is C25H22F3N3O2. The van der Waals surface area contributed by atoms with Gasteiger partial charge in [0.2, 0.25) is 0 Å². The van der Waals surface area contributed by atoms with Crippen LogP contribution in [0.25, 0.3) is 10.9 Å². The number of fused-ring (bicyclic) bond motifs is 1. The molecule has 0 unspecified atom stereocenters. The van der Waals surface area contributed by atoms with Crippen molar-refractivity contribution < 1.29 is 22.6 Å². The predicted molar refractivity (Wildman–Crippen MR) is 121 cm³/mol. The first kappa shape index (κ1) is 22.4. The standard InChI is InChI=1S/C25H22F3N3O2/c1-14(17-10-7-11-18(23(17)26)24(27)28)29-25-19-12-21(32-3)22(13-20(19)30-15(2)31-25)33-16-8-5-4-6-9-16/h4-14,24H,1-3H3,(H,29,30,31)/t14-/m1/s1. The Bertz CT molecular complexity index is 1280. The third kappa shape index (κ3) is 4.69. The molecule has 1 N–H and O–H groups in total. The number of hydrogen-bond donors (Lipinski definition) is 1. The molecule has 0 aliphatic rings. The fourth-order valence-electron chi connectivity index (χ4n) is 3.57. The second-order valence-corrected chi connectivity index (χ2v) is 7.47. The van der Waals surface area contributed by atoms with Crippen LogP contribution < -0.4 is 14.8 Å². The highest BCUT2D eigenvalue weighted by Crippen LogP contribution is 2.38. The maximum Gasteiger partial charge on any atom is 0.266 e. The number of hydrogen-bond acceptors (Lipinski definition) is 5. The summed E-state index contributed by atoms with van der Waals surface area (Å²) in [6.45, 7) is 3.41. The third-order valence-corrected chi connectivity index (χ3v) is 5.18. The Morgan fingerprint density at radius 3 is 2.33 bits per heavy atom. The average Bonchev–Trinajstić information content (AvgIpc) is 2.79. The van der Waals surface area contributed by atoms with E-state index in [2.05, 4.69) is 15.3 Å². The molecule has 0 bridgehead atoms. The molecule has 0 aliphatic heterocycles. The summed E-state index contributed by atoms with van der Waals surface area (Å²) in [5.74, 6) is 1.55. The zero-order valence-corrected chi connectivity index (χ0v) is 18.3. The smallest absolute Gasteiger partial charge is 0.266 e. The van der Waals surface area contributed by atoms with Crippen molar-refractivity contribution in [2.24, 2.45) is 0 Å². The quantitative estimate of drug-likeness (QED) is 0.327. The summed E-state index contributed by atoms with van der Waals surface area (Å²) in [6.07, 6.45) is -2.90. The van der Waals surface area contributed by atoms with Gasteiger partial charge in [0.05, 0.1) is 24.2 Å². The molecule has 8 heteroatoms. The molecular weight excluding hydrogens is 431 g/mol. The topological polar surface area (TPSA) is 56.3 Å². The number of aromatic nitrogens is 2. The third-order valence-electron chi connectivity index (χ3n) is 5.18. The van der Waals surface area contributed by atoms with Crippen LogP contribution in [0, 0.1) is 12.7 Å². The highest BCUT2D eigenvalue weighted by molar-refractivity contribution is 5.92. The predicted octanol–water partition coefficient (Wildman–Crippen LogP) is 6.99. The van der Waals surface area contributed by atoms with Crippen molar-refractivity contribution in [3.8, 4) is 17.2 Å². The van der Waals surface area contributed by atoms with Gasteiger partial charge in [-0.1, -0.05) is 36.4 Å². The molecule has 4 aromatic rings. The lowest BCUT2D eigenvalue weighted by atomic mass is 10.0. The minimum atomic E-state index is -2.90. The van der Waals surface area contributed by atoms with E-state index in [0.29, 0.717) is 39.8 Å². The van der Waals surface area contributed by atoms with Gasteiger partial charge >= 0.3 is 0 Å². The van der Waals surface area contributed by atoms with E-state index < -0.39 is 23.8 Å². The van der Waals surface area contributed by atoms with Crippen LogP contribution in [0.5, 0.6) is 17.2 Å². The fourth-order valence-corrected chi connectivity index (χ4v) is 3.57. The molecule has 170 valence electrons. The summed E-state index contributed by atoms with van der Waals surface area (Å²) in [5.41, 5.74) is 0.0770. The van der Waals surface area contributed by atoms with Gasteiger partial charge in [0.15, 0.2) is 11.5 Å². The van der Waals surface area contributed by atoms with Crippen molar-refractivity contribution in [3.63, 3.8) is 0 Å². The fraction of sp³-hybridized carbons (Fsp3) is 0.200. The molecule has 1 aromatic heterocycles. The van der Waals surface area contributed by atoms with Gasteiger partial charge in [0.1, 0.15) is 23.2 Å². The second kappa shape index (κ2) is 9.36. The number of anilines is 1. The van der Waals surface area contributed by atoms with Crippen molar-refractivity contribution in [2.75, 3.05) is 12.4 Å². The number of nitrogens with zero attached hydrogens (tertiary/aromatic N) is 2. The summed E-state index contributed by atoms with van der Waals surface area (Å²) in [6, 6.07) is 16.1. The maximum atomic E-state index is 14.7. The highest BCUT2D eigenvalue weighted by Gasteiger charge is 2.21. The summed E-state index contributed by atoms with van der Waals surface area (Å²) in [4.78, 5) is 8.94. The van der Waals surface area contributed by atoms with E-state index in [-0.39, 0.29) is 5.56 Å². The maximum absolute atomic E-state index is 14.7. The number of para-hydroxylation sites is 1. The average molecular weight is 453 g/mol. The Balaban J connectivity index is 1.73. The largest absolute Gasteiger partial charge is 0.493 e. The normalized spacial score (nSPS) is 12.1. The number of methoxy groups -OCH3 is 1. The number of ether oxygens (including phenoxy) is 2. The first-order valence-electron chi connectivity index (χ1n) is 10.3.